The van der Waals surface area contributed by atoms with E-state index in [-0.39, 0.29) is 11.1 Å². The fourth-order valence-electron chi connectivity index (χ4n) is 2.04. The van der Waals surface area contributed by atoms with E-state index in [2.05, 4.69) is 4.74 Å². The van der Waals surface area contributed by atoms with Crippen LogP contribution in [0, 0.1) is 10.1 Å². The molecule has 0 saturated heterocycles. The van der Waals surface area contributed by atoms with Gasteiger partial charge in [-0.15, -0.1) is 13.2 Å². The number of ether oxygens (including phenoxy) is 1. The number of halogens is 6. The van der Waals surface area contributed by atoms with Crippen LogP contribution in [-0.2, 0) is 6.18 Å². The van der Waals surface area contributed by atoms with Crippen molar-refractivity contribution in [2.75, 3.05) is 0 Å². The molecule has 2 rings (SSSR count). The van der Waals surface area contributed by atoms with Gasteiger partial charge in [0.15, 0.2) is 0 Å². The van der Waals surface area contributed by atoms with Crippen molar-refractivity contribution < 1.29 is 36.0 Å². The highest BCUT2D eigenvalue weighted by atomic mass is 19.4. The Morgan fingerprint density at radius 2 is 1.50 bits per heavy atom. The Hall–Kier alpha value is -2.78. The number of nitro groups is 1. The topological polar surface area (TPSA) is 52.4 Å². The molecule has 2 aromatic rings. The van der Waals surface area contributed by atoms with Crippen molar-refractivity contribution in [3.8, 4) is 16.9 Å². The molecule has 2 aromatic carbocycles. The Morgan fingerprint density at radius 3 is 1.96 bits per heavy atom. The molecule has 10 heteroatoms. The molecule has 0 heterocycles. The largest absolute Gasteiger partial charge is 0.573 e. The maximum absolute atomic E-state index is 12.9. The predicted octanol–water partition coefficient (Wildman–Crippen LogP) is 5.18. The van der Waals surface area contributed by atoms with Gasteiger partial charge in [-0.3, -0.25) is 10.1 Å². The first-order valence-corrected chi connectivity index (χ1v) is 6.20. The van der Waals surface area contributed by atoms with E-state index in [1.807, 2.05) is 0 Å². The number of benzene rings is 2. The van der Waals surface area contributed by atoms with Gasteiger partial charge in [0.2, 0.25) is 0 Å². The van der Waals surface area contributed by atoms with Crippen molar-refractivity contribution in [1.82, 2.24) is 0 Å². The normalized spacial score (nSPS) is 12.1. The molecule has 0 aliphatic heterocycles. The minimum Gasteiger partial charge on any atom is -0.406 e. The van der Waals surface area contributed by atoms with Crippen LogP contribution in [0.1, 0.15) is 5.56 Å². The number of nitrogens with zero attached hydrogens (tertiary/aromatic N) is 1. The molecule has 128 valence electrons. The van der Waals surface area contributed by atoms with Gasteiger partial charge in [-0.2, -0.15) is 13.2 Å². The highest BCUT2D eigenvalue weighted by molar-refractivity contribution is 5.76. The molecule has 0 aromatic heterocycles. The molecule has 0 atom stereocenters. The summed E-state index contributed by atoms with van der Waals surface area (Å²) in [5.41, 5.74) is -3.04. The minimum absolute atomic E-state index is 0.0534. The van der Waals surface area contributed by atoms with Crippen molar-refractivity contribution in [3.05, 3.63) is 58.1 Å². The monoisotopic (exact) mass is 351 g/mol. The molecule has 0 fully saturated rings. The molecule has 4 nitrogen and oxygen atoms in total. The number of hydrogen-bond acceptors (Lipinski definition) is 3. The van der Waals surface area contributed by atoms with E-state index in [1.54, 1.807) is 0 Å². The van der Waals surface area contributed by atoms with Crippen LogP contribution < -0.4 is 4.74 Å². The summed E-state index contributed by atoms with van der Waals surface area (Å²) in [5.74, 6) is -0.596. The number of nitro benzene ring substituents is 1. The van der Waals surface area contributed by atoms with E-state index in [9.17, 15) is 36.5 Å². The van der Waals surface area contributed by atoms with Crippen molar-refractivity contribution in [2.45, 2.75) is 12.5 Å². The molecule has 0 saturated carbocycles. The summed E-state index contributed by atoms with van der Waals surface area (Å²) in [7, 11) is 0. The zero-order valence-electron chi connectivity index (χ0n) is 11.5. The predicted molar refractivity (Wildman–Crippen MR) is 70.2 cm³/mol. The first-order valence-electron chi connectivity index (χ1n) is 6.20. The molecule has 0 bridgehead atoms. The summed E-state index contributed by atoms with van der Waals surface area (Å²) in [6.07, 6.45) is -9.87. The first-order chi connectivity index (χ1) is 11.0. The van der Waals surface area contributed by atoms with Crippen LogP contribution in [0.2, 0.25) is 0 Å². The molecular formula is C14H7F6NO3. The highest BCUT2D eigenvalue weighted by Crippen LogP contribution is 2.41. The molecule has 0 aliphatic rings. The van der Waals surface area contributed by atoms with Crippen LogP contribution in [0.5, 0.6) is 5.75 Å². The average molecular weight is 351 g/mol. The Bertz CT molecular complexity index is 753. The number of para-hydroxylation sites is 1. The zero-order chi connectivity index (χ0) is 18.1. The van der Waals surface area contributed by atoms with Gasteiger partial charge in [-0.1, -0.05) is 18.2 Å². The summed E-state index contributed by atoms with van der Waals surface area (Å²) < 4.78 is 78.6. The molecule has 0 aliphatic carbocycles. The maximum Gasteiger partial charge on any atom is 0.573 e. The van der Waals surface area contributed by atoms with E-state index in [0.29, 0.717) is 6.07 Å². The van der Waals surface area contributed by atoms with Crippen LogP contribution in [0.15, 0.2) is 42.5 Å². The van der Waals surface area contributed by atoms with Gasteiger partial charge in [0.05, 0.1) is 10.5 Å². The lowest BCUT2D eigenvalue weighted by atomic mass is 10.00. The van der Waals surface area contributed by atoms with Crippen LogP contribution in [-0.4, -0.2) is 11.3 Å². The van der Waals surface area contributed by atoms with Crippen molar-refractivity contribution >= 4 is 5.69 Å². The Morgan fingerprint density at radius 1 is 0.917 bits per heavy atom. The molecule has 0 radical (unpaired) electrons. The van der Waals surface area contributed by atoms with Gasteiger partial charge in [0.1, 0.15) is 11.3 Å². The fraction of sp³-hybridized carbons (Fsp3) is 0.143. The molecule has 0 N–H and O–H groups in total. The number of rotatable bonds is 3. The summed E-state index contributed by atoms with van der Waals surface area (Å²) >= 11 is 0. The van der Waals surface area contributed by atoms with Crippen molar-refractivity contribution in [2.24, 2.45) is 0 Å². The van der Waals surface area contributed by atoms with Gasteiger partial charge in [-0.05, 0) is 29.8 Å². The molecule has 0 spiro atoms. The summed E-state index contributed by atoms with van der Waals surface area (Å²) in [4.78, 5) is 9.87. The zero-order valence-corrected chi connectivity index (χ0v) is 11.5. The average Bonchev–Trinajstić information content (AvgIpc) is 2.44. The second kappa shape index (κ2) is 6.02. The van der Waals surface area contributed by atoms with Crippen LogP contribution >= 0.6 is 0 Å². The Labute approximate surface area is 130 Å². The molecule has 24 heavy (non-hydrogen) atoms. The van der Waals surface area contributed by atoms with Gasteiger partial charge in [0, 0.05) is 0 Å². The lowest BCUT2D eigenvalue weighted by Crippen LogP contribution is -2.16. The van der Waals surface area contributed by atoms with E-state index in [0.717, 1.165) is 36.4 Å². The standard InChI is InChI=1S/C14H7F6NO3/c15-13(16,17)11-3-1-2-10(12(11)21(22)23)8-4-6-9(7-5-8)24-14(18,19)20/h1-7H. The second-order valence-corrected chi connectivity index (χ2v) is 4.53. The van der Waals surface area contributed by atoms with Gasteiger partial charge >= 0.3 is 12.5 Å². The lowest BCUT2D eigenvalue weighted by molar-refractivity contribution is -0.387. The van der Waals surface area contributed by atoms with E-state index >= 15 is 0 Å². The summed E-state index contributed by atoms with van der Waals surface area (Å²) in [6, 6.07) is 6.33. The molecule has 0 amide bonds. The summed E-state index contributed by atoms with van der Waals surface area (Å²) in [6.45, 7) is 0. The first kappa shape index (κ1) is 17.6. The molecule has 0 unspecified atom stereocenters. The number of hydrogen-bond donors (Lipinski definition) is 0. The van der Waals surface area contributed by atoms with Crippen LogP contribution in [0.4, 0.5) is 32.0 Å². The van der Waals surface area contributed by atoms with Crippen LogP contribution in [0.3, 0.4) is 0 Å². The van der Waals surface area contributed by atoms with E-state index in [1.165, 1.54) is 0 Å². The second-order valence-electron chi connectivity index (χ2n) is 4.53. The van der Waals surface area contributed by atoms with Crippen LogP contribution in [0.25, 0.3) is 11.1 Å². The van der Waals surface area contributed by atoms with Gasteiger partial charge in [-0.25, -0.2) is 0 Å². The van der Waals surface area contributed by atoms with E-state index < -0.39 is 34.5 Å². The van der Waals surface area contributed by atoms with E-state index in [4.69, 9.17) is 0 Å². The third kappa shape index (κ3) is 3.94. The van der Waals surface area contributed by atoms with Crippen molar-refractivity contribution in [3.63, 3.8) is 0 Å². The maximum atomic E-state index is 12.9. The quantitative estimate of drug-likeness (QED) is 0.435. The summed E-state index contributed by atoms with van der Waals surface area (Å²) in [5, 5.41) is 11.0. The third-order valence-electron chi connectivity index (χ3n) is 2.92. The SMILES string of the molecule is O=[N+]([O-])c1c(-c2ccc(OC(F)(F)F)cc2)cccc1C(F)(F)F. The third-order valence-corrected chi connectivity index (χ3v) is 2.92. The lowest BCUT2D eigenvalue weighted by Gasteiger charge is -2.12. The van der Waals surface area contributed by atoms with Gasteiger partial charge < -0.3 is 4.74 Å². The van der Waals surface area contributed by atoms with Crippen molar-refractivity contribution in [1.29, 1.82) is 0 Å². The van der Waals surface area contributed by atoms with Gasteiger partial charge in [0.25, 0.3) is 5.69 Å². The minimum atomic E-state index is -4.95. The fourth-order valence-corrected chi connectivity index (χ4v) is 2.04. The Balaban J connectivity index is 2.51. The Kier molecular flexibility index (Phi) is 4.41. The smallest absolute Gasteiger partial charge is 0.406 e. The highest BCUT2D eigenvalue weighted by Gasteiger charge is 2.39. The molecular weight excluding hydrogens is 344 g/mol. The number of alkyl halides is 6.